The van der Waals surface area contributed by atoms with Crippen molar-refractivity contribution in [2.24, 2.45) is 0 Å². The van der Waals surface area contributed by atoms with Gasteiger partial charge in [-0.05, 0) is 36.2 Å². The molecule has 0 aliphatic rings. The van der Waals surface area contributed by atoms with Crippen LogP contribution in [-0.2, 0) is 11.8 Å². The quantitative estimate of drug-likeness (QED) is 0.397. The molecule has 0 atom stereocenters. The van der Waals surface area contributed by atoms with Crippen molar-refractivity contribution < 1.29 is 9.66 Å². The van der Waals surface area contributed by atoms with Crippen LogP contribution < -0.4 is 4.74 Å². The Kier molecular flexibility index (Phi) is 5.20. The van der Waals surface area contributed by atoms with Crippen molar-refractivity contribution in [3.8, 4) is 11.5 Å². The number of hydrogen-bond donors (Lipinski definition) is 0. The Morgan fingerprint density at radius 3 is 2.57 bits per heavy atom. The van der Waals surface area contributed by atoms with E-state index < -0.39 is 4.92 Å². The second-order valence-corrected chi connectivity index (χ2v) is 5.40. The maximum atomic E-state index is 11.2. The summed E-state index contributed by atoms with van der Waals surface area (Å²) in [5, 5.41) is 12.3. The maximum absolute atomic E-state index is 11.2. The summed E-state index contributed by atoms with van der Waals surface area (Å²) >= 11 is 9.29. The first-order valence-corrected chi connectivity index (χ1v) is 7.84. The number of hydrogen-bond acceptors (Lipinski definition) is 3. The average molecular weight is 371 g/mol. The highest BCUT2D eigenvalue weighted by molar-refractivity contribution is 9.08. The van der Waals surface area contributed by atoms with Crippen LogP contribution >= 0.6 is 27.5 Å². The van der Waals surface area contributed by atoms with Gasteiger partial charge in [0.2, 0.25) is 5.75 Å². The third kappa shape index (κ3) is 3.74. The first-order valence-electron chi connectivity index (χ1n) is 6.34. The highest BCUT2D eigenvalue weighted by Crippen LogP contribution is 2.35. The normalized spacial score (nSPS) is 10.4. The molecule has 0 amide bonds. The molecular weight excluding hydrogens is 358 g/mol. The smallest absolute Gasteiger partial charge is 0.311 e. The zero-order valence-electron chi connectivity index (χ0n) is 11.3. The van der Waals surface area contributed by atoms with E-state index in [1.165, 1.54) is 0 Å². The molecule has 2 aromatic carbocycles. The molecular formula is C15H13BrClNO3. The lowest BCUT2D eigenvalue weighted by atomic mass is 10.1. The van der Waals surface area contributed by atoms with Crippen LogP contribution in [0.25, 0.3) is 0 Å². The summed E-state index contributed by atoms with van der Waals surface area (Å²) in [5.74, 6) is 0.769. The van der Waals surface area contributed by atoms with Gasteiger partial charge in [0.1, 0.15) is 5.75 Å². The van der Waals surface area contributed by atoms with Crippen LogP contribution in [0.1, 0.15) is 18.1 Å². The first-order chi connectivity index (χ1) is 10.0. The Labute approximate surface area is 136 Å². The maximum Gasteiger partial charge on any atom is 0.311 e. The first kappa shape index (κ1) is 15.8. The number of benzene rings is 2. The Balaban J connectivity index is 2.42. The van der Waals surface area contributed by atoms with E-state index in [0.717, 1.165) is 17.5 Å². The number of halogens is 2. The van der Waals surface area contributed by atoms with Crippen molar-refractivity contribution in [1.82, 2.24) is 0 Å². The second-order valence-electron chi connectivity index (χ2n) is 4.40. The molecule has 2 aromatic rings. The minimum Gasteiger partial charge on any atom is -0.450 e. The van der Waals surface area contributed by atoms with Crippen LogP contribution in [0.4, 0.5) is 5.69 Å². The monoisotopic (exact) mass is 369 g/mol. The fraction of sp³-hybridized carbons (Fsp3) is 0.200. The summed E-state index contributed by atoms with van der Waals surface area (Å²) in [4.78, 5) is 10.8. The summed E-state index contributed by atoms with van der Waals surface area (Å²) in [5.41, 5.74) is 1.69. The molecule has 0 saturated heterocycles. The van der Waals surface area contributed by atoms with Crippen LogP contribution in [0.15, 0.2) is 36.4 Å². The summed E-state index contributed by atoms with van der Waals surface area (Å²) < 4.78 is 5.72. The minimum atomic E-state index is -0.432. The Bertz CT molecular complexity index is 676. The van der Waals surface area contributed by atoms with Crippen LogP contribution in [0.5, 0.6) is 11.5 Å². The van der Waals surface area contributed by atoms with Gasteiger partial charge in [0.15, 0.2) is 0 Å². The van der Waals surface area contributed by atoms with Gasteiger partial charge in [-0.15, -0.1) is 0 Å². The molecule has 4 nitrogen and oxygen atoms in total. The summed E-state index contributed by atoms with van der Waals surface area (Å²) in [6, 6.07) is 10.2. The van der Waals surface area contributed by atoms with Gasteiger partial charge in [-0.25, -0.2) is 0 Å². The number of rotatable bonds is 5. The molecule has 110 valence electrons. The number of aryl methyl sites for hydroxylation is 1. The van der Waals surface area contributed by atoms with E-state index in [9.17, 15) is 10.1 Å². The summed E-state index contributed by atoms with van der Waals surface area (Å²) in [6.45, 7) is 1.95. The molecule has 6 heteroatoms. The standard InChI is InChI=1S/C15H13BrClNO3/c1-2-10-3-5-15(13(7-10)18(19)20)21-14-6-4-12(17)8-11(14)9-16/h3-8H,2,9H2,1H3. The van der Waals surface area contributed by atoms with Gasteiger partial charge in [-0.3, -0.25) is 10.1 Å². The zero-order valence-corrected chi connectivity index (χ0v) is 13.6. The molecule has 0 unspecified atom stereocenters. The number of nitro groups is 1. The molecule has 0 bridgehead atoms. The fourth-order valence-corrected chi connectivity index (χ4v) is 2.52. The topological polar surface area (TPSA) is 52.4 Å². The van der Waals surface area contributed by atoms with E-state index in [1.54, 1.807) is 30.3 Å². The number of ether oxygens (including phenoxy) is 1. The van der Waals surface area contributed by atoms with Crippen LogP contribution in [0, 0.1) is 10.1 Å². The van der Waals surface area contributed by atoms with Crippen molar-refractivity contribution >= 4 is 33.2 Å². The van der Waals surface area contributed by atoms with Crippen molar-refractivity contribution in [2.45, 2.75) is 18.7 Å². The number of nitrogens with zero attached hydrogens (tertiary/aromatic N) is 1. The summed E-state index contributed by atoms with van der Waals surface area (Å²) in [7, 11) is 0. The van der Waals surface area contributed by atoms with E-state index in [4.69, 9.17) is 16.3 Å². The molecule has 0 aliphatic heterocycles. The second kappa shape index (κ2) is 6.91. The highest BCUT2D eigenvalue weighted by Gasteiger charge is 2.17. The number of nitro benzene ring substituents is 1. The minimum absolute atomic E-state index is 0.0372. The SMILES string of the molecule is CCc1ccc(Oc2ccc(Cl)cc2CBr)c([N+](=O)[O-])c1. The van der Waals surface area contributed by atoms with Gasteiger partial charge in [0, 0.05) is 22.0 Å². The van der Waals surface area contributed by atoms with Gasteiger partial charge >= 0.3 is 5.69 Å². The van der Waals surface area contributed by atoms with Gasteiger partial charge < -0.3 is 4.74 Å². The van der Waals surface area contributed by atoms with Gasteiger partial charge in [0.05, 0.1) is 4.92 Å². The van der Waals surface area contributed by atoms with E-state index in [2.05, 4.69) is 15.9 Å². The Hall–Kier alpha value is -1.59. The zero-order chi connectivity index (χ0) is 15.4. The lowest BCUT2D eigenvalue weighted by Crippen LogP contribution is -1.96. The van der Waals surface area contributed by atoms with Gasteiger partial charge in [-0.2, -0.15) is 0 Å². The van der Waals surface area contributed by atoms with E-state index in [-0.39, 0.29) is 11.4 Å². The molecule has 0 aliphatic carbocycles. The third-order valence-electron chi connectivity index (χ3n) is 3.01. The van der Waals surface area contributed by atoms with E-state index >= 15 is 0 Å². The molecule has 0 N–H and O–H groups in total. The van der Waals surface area contributed by atoms with Crippen molar-refractivity contribution in [3.63, 3.8) is 0 Å². The van der Waals surface area contributed by atoms with Crippen LogP contribution in [0.2, 0.25) is 5.02 Å². The van der Waals surface area contributed by atoms with Crippen LogP contribution in [-0.4, -0.2) is 4.92 Å². The van der Waals surface area contributed by atoms with Gasteiger partial charge in [0.25, 0.3) is 0 Å². The lowest BCUT2D eigenvalue weighted by Gasteiger charge is -2.11. The lowest BCUT2D eigenvalue weighted by molar-refractivity contribution is -0.385. The van der Waals surface area contributed by atoms with E-state index in [1.807, 2.05) is 13.0 Å². The molecule has 2 rings (SSSR count). The fourth-order valence-electron chi connectivity index (χ4n) is 1.88. The van der Waals surface area contributed by atoms with E-state index in [0.29, 0.717) is 16.1 Å². The van der Waals surface area contributed by atoms with Crippen molar-refractivity contribution in [2.75, 3.05) is 0 Å². The molecule has 0 aromatic heterocycles. The predicted molar refractivity (Wildman–Crippen MR) is 86.6 cm³/mol. The average Bonchev–Trinajstić information content (AvgIpc) is 2.49. The largest absolute Gasteiger partial charge is 0.450 e. The highest BCUT2D eigenvalue weighted by atomic mass is 79.9. The Morgan fingerprint density at radius 2 is 1.95 bits per heavy atom. The molecule has 21 heavy (non-hydrogen) atoms. The molecule has 0 saturated carbocycles. The van der Waals surface area contributed by atoms with Crippen molar-refractivity contribution in [3.05, 3.63) is 62.7 Å². The number of alkyl halides is 1. The van der Waals surface area contributed by atoms with Crippen LogP contribution in [0.3, 0.4) is 0 Å². The van der Waals surface area contributed by atoms with Crippen molar-refractivity contribution in [1.29, 1.82) is 0 Å². The third-order valence-corrected chi connectivity index (χ3v) is 3.85. The molecule has 0 spiro atoms. The Morgan fingerprint density at radius 1 is 1.24 bits per heavy atom. The summed E-state index contributed by atoms with van der Waals surface area (Å²) in [6.07, 6.45) is 0.731. The molecule has 0 heterocycles. The molecule has 0 radical (unpaired) electrons. The molecule has 0 fully saturated rings. The van der Waals surface area contributed by atoms with Gasteiger partial charge in [-0.1, -0.05) is 40.5 Å². The predicted octanol–water partition coefficient (Wildman–Crippen LogP) is 5.50.